The van der Waals surface area contributed by atoms with E-state index in [-0.39, 0.29) is 12.3 Å². The smallest absolute Gasteiger partial charge is 0.350 e. The molecular weight excluding hydrogens is 426 g/mol. The molecule has 32 heavy (non-hydrogen) atoms. The third-order valence-corrected chi connectivity index (χ3v) is 6.21. The zero-order valence-electron chi connectivity index (χ0n) is 18.9. The van der Waals surface area contributed by atoms with Crippen LogP contribution in [0.4, 0.5) is 5.69 Å². The standard InChI is InChI=1S/C24H29N3O4S/c1-16(2)27(12-13-30-3)15-18-10-11-19-21(22(24(29)31-4)32-23(19)25-18)26-20(28)14-17-8-6-5-7-9-17/h5-11,16H,12-15H2,1-4H3,(H,26,28). The Labute approximate surface area is 192 Å². The maximum atomic E-state index is 12.7. The van der Waals surface area contributed by atoms with Crippen molar-refractivity contribution < 1.29 is 19.1 Å². The molecule has 2 aromatic heterocycles. The van der Waals surface area contributed by atoms with E-state index in [0.29, 0.717) is 34.6 Å². The molecule has 0 atom stereocenters. The quantitative estimate of drug-likeness (QED) is 0.463. The highest BCUT2D eigenvalue weighted by Gasteiger charge is 2.22. The lowest BCUT2D eigenvalue weighted by atomic mass is 10.1. The average molecular weight is 456 g/mol. The lowest BCUT2D eigenvalue weighted by Gasteiger charge is -2.25. The van der Waals surface area contributed by atoms with E-state index in [2.05, 4.69) is 24.1 Å². The first-order chi connectivity index (χ1) is 15.4. The summed E-state index contributed by atoms with van der Waals surface area (Å²) in [5.74, 6) is -0.691. The minimum atomic E-state index is -0.492. The predicted octanol–water partition coefficient (Wildman–Crippen LogP) is 4.12. The van der Waals surface area contributed by atoms with Gasteiger partial charge in [0.05, 0.1) is 31.5 Å². The molecule has 1 N–H and O–H groups in total. The van der Waals surface area contributed by atoms with Gasteiger partial charge in [-0.25, -0.2) is 9.78 Å². The molecule has 0 fully saturated rings. The van der Waals surface area contributed by atoms with Crippen LogP contribution in [0.25, 0.3) is 10.2 Å². The number of ether oxygens (including phenoxy) is 2. The van der Waals surface area contributed by atoms with E-state index in [9.17, 15) is 9.59 Å². The molecule has 0 radical (unpaired) electrons. The molecule has 0 aliphatic rings. The molecule has 2 heterocycles. The van der Waals surface area contributed by atoms with Crippen LogP contribution in [0.5, 0.6) is 0 Å². The number of fused-ring (bicyclic) bond motifs is 1. The number of methoxy groups -OCH3 is 2. The van der Waals surface area contributed by atoms with Gasteiger partial charge in [-0.15, -0.1) is 11.3 Å². The average Bonchev–Trinajstić information content (AvgIpc) is 3.13. The maximum absolute atomic E-state index is 12.7. The van der Waals surface area contributed by atoms with Crippen LogP contribution in [-0.2, 0) is 27.2 Å². The number of hydrogen-bond acceptors (Lipinski definition) is 7. The fraction of sp³-hybridized carbons (Fsp3) is 0.375. The van der Waals surface area contributed by atoms with Crippen molar-refractivity contribution in [2.24, 2.45) is 0 Å². The number of anilines is 1. The summed E-state index contributed by atoms with van der Waals surface area (Å²) in [6.45, 7) is 6.37. The molecule has 3 aromatic rings. The first kappa shape index (κ1) is 23.8. The SMILES string of the molecule is COCCN(Cc1ccc2c(NC(=O)Cc3ccccc3)c(C(=O)OC)sc2n1)C(C)C. The van der Waals surface area contributed by atoms with Gasteiger partial charge in [0, 0.05) is 31.6 Å². The number of aromatic nitrogens is 1. The molecule has 3 rings (SSSR count). The molecule has 170 valence electrons. The Hall–Kier alpha value is -2.81. The van der Waals surface area contributed by atoms with Crippen molar-refractivity contribution in [2.75, 3.05) is 32.7 Å². The van der Waals surface area contributed by atoms with Crippen LogP contribution in [-0.4, -0.2) is 55.2 Å². The molecule has 0 aliphatic heterocycles. The molecular formula is C24H29N3O4S. The van der Waals surface area contributed by atoms with Crippen LogP contribution in [0.1, 0.15) is 34.8 Å². The number of rotatable bonds is 10. The summed E-state index contributed by atoms with van der Waals surface area (Å²) < 4.78 is 10.2. The first-order valence-electron chi connectivity index (χ1n) is 10.5. The second-order valence-electron chi connectivity index (χ2n) is 7.72. The highest BCUT2D eigenvalue weighted by atomic mass is 32.1. The lowest BCUT2D eigenvalue weighted by molar-refractivity contribution is -0.115. The number of benzene rings is 1. The maximum Gasteiger partial charge on any atom is 0.350 e. The van der Waals surface area contributed by atoms with Crippen molar-refractivity contribution in [3.63, 3.8) is 0 Å². The van der Waals surface area contributed by atoms with E-state index in [1.165, 1.54) is 18.4 Å². The van der Waals surface area contributed by atoms with E-state index in [0.717, 1.165) is 23.2 Å². The zero-order chi connectivity index (χ0) is 23.1. The van der Waals surface area contributed by atoms with Gasteiger partial charge < -0.3 is 14.8 Å². The van der Waals surface area contributed by atoms with E-state index in [4.69, 9.17) is 14.5 Å². The van der Waals surface area contributed by atoms with Crippen molar-refractivity contribution in [1.82, 2.24) is 9.88 Å². The predicted molar refractivity (Wildman–Crippen MR) is 127 cm³/mol. The van der Waals surface area contributed by atoms with E-state index in [1.54, 1.807) is 7.11 Å². The van der Waals surface area contributed by atoms with Gasteiger partial charge in [0.15, 0.2) is 0 Å². The number of carbonyl (C=O) groups is 2. The highest BCUT2D eigenvalue weighted by Crippen LogP contribution is 2.35. The number of carbonyl (C=O) groups excluding carboxylic acids is 2. The second-order valence-corrected chi connectivity index (χ2v) is 8.72. The van der Waals surface area contributed by atoms with Gasteiger partial charge in [0.2, 0.25) is 5.91 Å². The van der Waals surface area contributed by atoms with Crippen molar-refractivity contribution in [1.29, 1.82) is 0 Å². The minimum absolute atomic E-state index is 0.198. The van der Waals surface area contributed by atoms with Gasteiger partial charge in [-0.05, 0) is 31.5 Å². The number of hydrogen-bond donors (Lipinski definition) is 1. The Morgan fingerprint density at radius 2 is 1.88 bits per heavy atom. The molecule has 0 saturated carbocycles. The Bertz CT molecular complexity index is 1070. The molecule has 1 amide bonds. The number of nitrogens with zero attached hydrogens (tertiary/aromatic N) is 2. The van der Waals surface area contributed by atoms with Crippen LogP contribution in [0.15, 0.2) is 42.5 Å². The zero-order valence-corrected chi connectivity index (χ0v) is 19.7. The normalized spacial score (nSPS) is 11.3. The number of pyridine rings is 1. The lowest BCUT2D eigenvalue weighted by Crippen LogP contribution is -2.33. The number of amides is 1. The van der Waals surface area contributed by atoms with Gasteiger partial charge in [0.1, 0.15) is 9.71 Å². The number of nitrogens with one attached hydrogen (secondary N) is 1. The topological polar surface area (TPSA) is 80.8 Å². The van der Waals surface area contributed by atoms with E-state index in [1.807, 2.05) is 42.5 Å². The summed E-state index contributed by atoms with van der Waals surface area (Å²) in [7, 11) is 3.02. The third-order valence-electron chi connectivity index (χ3n) is 5.13. The summed E-state index contributed by atoms with van der Waals surface area (Å²) in [6.07, 6.45) is 0.215. The summed E-state index contributed by atoms with van der Waals surface area (Å²) in [5.41, 5.74) is 2.24. The molecule has 0 saturated heterocycles. The van der Waals surface area contributed by atoms with Gasteiger partial charge >= 0.3 is 5.97 Å². The van der Waals surface area contributed by atoms with Gasteiger partial charge in [-0.1, -0.05) is 30.3 Å². The Kier molecular flexibility index (Phi) is 8.33. The number of esters is 1. The summed E-state index contributed by atoms with van der Waals surface area (Å²) >= 11 is 1.23. The monoisotopic (exact) mass is 455 g/mol. The molecule has 7 nitrogen and oxygen atoms in total. The Balaban J connectivity index is 1.88. The van der Waals surface area contributed by atoms with Crippen molar-refractivity contribution in [3.8, 4) is 0 Å². The van der Waals surface area contributed by atoms with Gasteiger partial charge in [0.25, 0.3) is 0 Å². The summed E-state index contributed by atoms with van der Waals surface area (Å²) in [6, 6.07) is 13.7. The van der Waals surface area contributed by atoms with Crippen molar-refractivity contribution in [3.05, 3.63) is 58.6 Å². The molecule has 8 heteroatoms. The van der Waals surface area contributed by atoms with Crippen molar-refractivity contribution in [2.45, 2.75) is 32.9 Å². The largest absolute Gasteiger partial charge is 0.465 e. The van der Waals surface area contributed by atoms with E-state index < -0.39 is 5.97 Å². The summed E-state index contributed by atoms with van der Waals surface area (Å²) in [4.78, 5) is 33.2. The molecule has 0 unspecified atom stereocenters. The van der Waals surface area contributed by atoms with Crippen molar-refractivity contribution >= 4 is 39.1 Å². The Morgan fingerprint density at radius 3 is 2.53 bits per heavy atom. The first-order valence-corrected chi connectivity index (χ1v) is 11.3. The third kappa shape index (κ3) is 5.91. The fourth-order valence-corrected chi connectivity index (χ4v) is 4.43. The van der Waals surface area contributed by atoms with Crippen LogP contribution < -0.4 is 5.32 Å². The fourth-order valence-electron chi connectivity index (χ4n) is 3.37. The van der Waals surface area contributed by atoms with Gasteiger partial charge in [-0.2, -0.15) is 0 Å². The molecule has 0 bridgehead atoms. The minimum Gasteiger partial charge on any atom is -0.465 e. The summed E-state index contributed by atoms with van der Waals surface area (Å²) in [5, 5.41) is 3.64. The van der Waals surface area contributed by atoms with Gasteiger partial charge in [-0.3, -0.25) is 9.69 Å². The number of thiophene rings is 1. The van der Waals surface area contributed by atoms with Crippen LogP contribution in [0.2, 0.25) is 0 Å². The second kappa shape index (κ2) is 11.2. The molecule has 0 spiro atoms. The Morgan fingerprint density at radius 1 is 1.12 bits per heavy atom. The van der Waals surface area contributed by atoms with Crippen LogP contribution >= 0.6 is 11.3 Å². The highest BCUT2D eigenvalue weighted by molar-refractivity contribution is 7.21. The molecule has 1 aromatic carbocycles. The molecule has 0 aliphatic carbocycles. The van der Waals surface area contributed by atoms with E-state index >= 15 is 0 Å². The van der Waals surface area contributed by atoms with Crippen LogP contribution in [0.3, 0.4) is 0 Å². The van der Waals surface area contributed by atoms with Crippen LogP contribution in [0, 0.1) is 0 Å².